The van der Waals surface area contributed by atoms with Gasteiger partial charge in [-0.3, -0.25) is 9.59 Å². The van der Waals surface area contributed by atoms with E-state index < -0.39 is 0 Å². The van der Waals surface area contributed by atoms with Crippen molar-refractivity contribution in [3.05, 3.63) is 48.1 Å². The standard InChI is InChI=1S/C22H24N2O4/c1-4-6-16-9-13(10-17(28-5-2)20(16)27-3)12-23-24-21(25)18-14-7-8-15(11-14)19(18)22(24)26/h4,7-10,12,14-15,18-19H,1,5-6,11H2,2-3H3/t14-,15-,18-,19+/m0/s1. The molecule has 0 unspecified atom stereocenters. The van der Waals surface area contributed by atoms with Gasteiger partial charge in [-0.05, 0) is 49.3 Å². The lowest BCUT2D eigenvalue weighted by atomic mass is 9.85. The molecule has 1 aromatic rings. The summed E-state index contributed by atoms with van der Waals surface area (Å²) in [7, 11) is 1.60. The molecule has 146 valence electrons. The second kappa shape index (κ2) is 7.26. The van der Waals surface area contributed by atoms with Crippen LogP contribution in [0.25, 0.3) is 0 Å². The van der Waals surface area contributed by atoms with Crippen molar-refractivity contribution in [2.75, 3.05) is 13.7 Å². The van der Waals surface area contributed by atoms with E-state index in [0.29, 0.717) is 24.5 Å². The molecule has 2 bridgehead atoms. The van der Waals surface area contributed by atoms with E-state index in [-0.39, 0.29) is 35.5 Å². The largest absolute Gasteiger partial charge is 0.493 e. The van der Waals surface area contributed by atoms with E-state index in [2.05, 4.69) is 23.8 Å². The smallest absolute Gasteiger partial charge is 0.254 e. The number of benzene rings is 1. The third-order valence-corrected chi connectivity index (χ3v) is 5.79. The summed E-state index contributed by atoms with van der Waals surface area (Å²) in [6.45, 7) is 6.18. The van der Waals surface area contributed by atoms with Crippen LogP contribution in [0, 0.1) is 23.7 Å². The predicted molar refractivity (Wildman–Crippen MR) is 105 cm³/mol. The number of methoxy groups -OCH3 is 1. The molecule has 6 nitrogen and oxygen atoms in total. The number of ether oxygens (including phenoxy) is 2. The zero-order valence-electron chi connectivity index (χ0n) is 16.1. The summed E-state index contributed by atoms with van der Waals surface area (Å²) < 4.78 is 11.2. The van der Waals surface area contributed by atoms with Gasteiger partial charge in [0.2, 0.25) is 0 Å². The third-order valence-electron chi connectivity index (χ3n) is 5.79. The molecule has 0 spiro atoms. The minimum Gasteiger partial charge on any atom is -0.493 e. The minimum atomic E-state index is -0.245. The quantitative estimate of drug-likeness (QED) is 0.414. The topological polar surface area (TPSA) is 68.2 Å². The fraction of sp³-hybridized carbons (Fsp3) is 0.409. The Morgan fingerprint density at radius 2 is 1.89 bits per heavy atom. The van der Waals surface area contributed by atoms with Gasteiger partial charge in [-0.1, -0.05) is 18.2 Å². The molecule has 4 rings (SSSR count). The summed E-state index contributed by atoms with van der Waals surface area (Å²) in [4.78, 5) is 25.5. The molecular weight excluding hydrogens is 356 g/mol. The number of allylic oxidation sites excluding steroid dienone is 3. The number of carbonyl (C=O) groups is 2. The number of hydrazone groups is 1. The maximum Gasteiger partial charge on any atom is 0.254 e. The monoisotopic (exact) mass is 380 g/mol. The maximum atomic E-state index is 12.7. The molecule has 1 aliphatic heterocycles. The van der Waals surface area contributed by atoms with Crippen molar-refractivity contribution >= 4 is 18.0 Å². The van der Waals surface area contributed by atoms with Crippen molar-refractivity contribution < 1.29 is 19.1 Å². The van der Waals surface area contributed by atoms with Crippen LogP contribution in [0.2, 0.25) is 0 Å². The van der Waals surface area contributed by atoms with E-state index >= 15 is 0 Å². The van der Waals surface area contributed by atoms with Crippen LogP contribution in [0.15, 0.2) is 42.0 Å². The molecule has 1 heterocycles. The van der Waals surface area contributed by atoms with Gasteiger partial charge < -0.3 is 9.47 Å². The highest BCUT2D eigenvalue weighted by Gasteiger charge is 2.59. The number of carbonyl (C=O) groups excluding carboxylic acids is 2. The number of imide groups is 1. The number of fused-ring (bicyclic) bond motifs is 5. The highest BCUT2D eigenvalue weighted by Crippen LogP contribution is 2.52. The molecule has 1 saturated heterocycles. The Morgan fingerprint density at radius 1 is 1.21 bits per heavy atom. The van der Waals surface area contributed by atoms with Gasteiger partial charge in [-0.2, -0.15) is 10.1 Å². The summed E-state index contributed by atoms with van der Waals surface area (Å²) in [5.41, 5.74) is 1.64. The van der Waals surface area contributed by atoms with E-state index in [1.807, 2.05) is 13.0 Å². The molecule has 6 heteroatoms. The predicted octanol–water partition coefficient (Wildman–Crippen LogP) is 2.96. The average molecular weight is 380 g/mol. The van der Waals surface area contributed by atoms with E-state index in [1.54, 1.807) is 25.5 Å². The van der Waals surface area contributed by atoms with Crippen LogP contribution >= 0.6 is 0 Å². The van der Waals surface area contributed by atoms with E-state index in [4.69, 9.17) is 9.47 Å². The number of amides is 2. The zero-order valence-corrected chi connectivity index (χ0v) is 16.1. The Bertz CT molecular complexity index is 859. The van der Waals surface area contributed by atoms with Crippen molar-refractivity contribution in [2.45, 2.75) is 19.8 Å². The molecule has 2 fully saturated rings. The number of nitrogens with zero attached hydrogens (tertiary/aromatic N) is 2. The van der Waals surface area contributed by atoms with Crippen LogP contribution < -0.4 is 9.47 Å². The molecule has 0 N–H and O–H groups in total. The maximum absolute atomic E-state index is 12.7. The minimum absolute atomic E-state index is 0.177. The van der Waals surface area contributed by atoms with E-state index in [9.17, 15) is 9.59 Å². The highest BCUT2D eigenvalue weighted by atomic mass is 16.5. The van der Waals surface area contributed by atoms with Gasteiger partial charge >= 0.3 is 0 Å². The zero-order chi connectivity index (χ0) is 19.8. The van der Waals surface area contributed by atoms with Crippen LogP contribution in [-0.2, 0) is 16.0 Å². The number of hydrogen-bond acceptors (Lipinski definition) is 5. The fourth-order valence-corrected chi connectivity index (χ4v) is 4.68. The van der Waals surface area contributed by atoms with E-state index in [1.165, 1.54) is 0 Å². The van der Waals surface area contributed by atoms with Gasteiger partial charge in [-0.15, -0.1) is 6.58 Å². The van der Waals surface area contributed by atoms with Crippen molar-refractivity contribution in [3.63, 3.8) is 0 Å². The van der Waals surface area contributed by atoms with Crippen LogP contribution in [0.5, 0.6) is 11.5 Å². The molecule has 2 aliphatic carbocycles. The Balaban J connectivity index is 1.62. The first-order valence-electron chi connectivity index (χ1n) is 9.63. The molecule has 1 aromatic carbocycles. The summed E-state index contributed by atoms with van der Waals surface area (Å²) in [6, 6.07) is 3.71. The average Bonchev–Trinajstić information content (AvgIpc) is 3.35. The lowest BCUT2D eigenvalue weighted by molar-refractivity contribution is -0.140. The Morgan fingerprint density at radius 3 is 2.46 bits per heavy atom. The molecule has 0 aromatic heterocycles. The van der Waals surface area contributed by atoms with E-state index in [0.717, 1.165) is 22.6 Å². The molecular formula is C22H24N2O4. The number of rotatable bonds is 7. The van der Waals surface area contributed by atoms with Crippen molar-refractivity contribution in [3.8, 4) is 11.5 Å². The molecule has 1 saturated carbocycles. The van der Waals surface area contributed by atoms with Gasteiger partial charge in [0.25, 0.3) is 11.8 Å². The Kier molecular flexibility index (Phi) is 4.79. The first-order chi connectivity index (χ1) is 13.6. The summed E-state index contributed by atoms with van der Waals surface area (Å²) >= 11 is 0. The van der Waals surface area contributed by atoms with Gasteiger partial charge in [0.05, 0.1) is 31.8 Å². The number of hydrogen-bond donors (Lipinski definition) is 0. The van der Waals surface area contributed by atoms with Gasteiger partial charge in [0.1, 0.15) is 0 Å². The van der Waals surface area contributed by atoms with Crippen LogP contribution in [0.1, 0.15) is 24.5 Å². The van der Waals surface area contributed by atoms with Gasteiger partial charge in [-0.25, -0.2) is 0 Å². The van der Waals surface area contributed by atoms with Crippen LogP contribution in [0.3, 0.4) is 0 Å². The molecule has 4 atom stereocenters. The fourth-order valence-electron chi connectivity index (χ4n) is 4.68. The lowest BCUT2D eigenvalue weighted by Gasteiger charge is -2.15. The molecule has 3 aliphatic rings. The van der Waals surface area contributed by atoms with Gasteiger partial charge in [0, 0.05) is 5.56 Å². The van der Waals surface area contributed by atoms with Crippen molar-refractivity contribution in [2.24, 2.45) is 28.8 Å². The van der Waals surface area contributed by atoms with Crippen molar-refractivity contribution in [1.29, 1.82) is 0 Å². The van der Waals surface area contributed by atoms with Crippen LogP contribution in [0.4, 0.5) is 0 Å². The summed E-state index contributed by atoms with van der Waals surface area (Å²) in [6.07, 6.45) is 8.98. The Hall–Kier alpha value is -2.89. The van der Waals surface area contributed by atoms with Crippen LogP contribution in [-0.4, -0.2) is 36.8 Å². The molecule has 2 amide bonds. The first kappa shape index (κ1) is 18.5. The SMILES string of the molecule is C=CCc1cc(C=NN2C(=O)[C@@H]3[C@H](C2=O)[C@H]2C=C[C@H]3C2)cc(OCC)c1OC. The summed E-state index contributed by atoms with van der Waals surface area (Å²) in [5, 5.41) is 5.31. The lowest BCUT2D eigenvalue weighted by Crippen LogP contribution is -2.28. The summed E-state index contributed by atoms with van der Waals surface area (Å²) in [5.74, 6) is 0.749. The normalized spacial score (nSPS) is 27.7. The molecule has 0 radical (unpaired) electrons. The Labute approximate surface area is 164 Å². The highest BCUT2D eigenvalue weighted by molar-refractivity contribution is 6.06. The second-order valence-corrected chi connectivity index (χ2v) is 7.37. The second-order valence-electron chi connectivity index (χ2n) is 7.37. The molecule has 28 heavy (non-hydrogen) atoms. The first-order valence-corrected chi connectivity index (χ1v) is 9.63. The van der Waals surface area contributed by atoms with Crippen molar-refractivity contribution in [1.82, 2.24) is 5.01 Å². The van der Waals surface area contributed by atoms with Gasteiger partial charge in [0.15, 0.2) is 11.5 Å². The third kappa shape index (κ3) is 2.84.